The number of nitrogens with zero attached hydrogens (tertiary/aromatic N) is 7. The maximum Gasteiger partial charge on any atom is 0.410 e. The van der Waals surface area contributed by atoms with Crippen LogP contribution in [-0.4, -0.2) is 118 Å². The molecule has 2 bridgehead atoms. The molecule has 2 amide bonds. The molecule has 7 rings (SSSR count). The van der Waals surface area contributed by atoms with Crippen molar-refractivity contribution >= 4 is 27.8 Å². The summed E-state index contributed by atoms with van der Waals surface area (Å²) in [6.45, 7) is 18.0. The molecule has 4 aliphatic rings. The Labute approximate surface area is 329 Å². The SMILES string of the molecule is CC(C)N(C(=O)c1cc(F)ccc1Oc1cncnc1N1CC2(CCN(Cc3ccc(S(=O)(=O)N4C[C@@H]5C[C@H]4CN5C(=O)OC(C)(C)C)cc3)CC2)C1)C(C)C. The molecule has 2 atom stereocenters. The molecule has 4 aliphatic heterocycles. The van der Waals surface area contributed by atoms with Gasteiger partial charge in [-0.3, -0.25) is 9.69 Å². The molecule has 13 nitrogen and oxygen atoms in total. The van der Waals surface area contributed by atoms with E-state index in [0.29, 0.717) is 24.5 Å². The summed E-state index contributed by atoms with van der Waals surface area (Å²) in [5.41, 5.74) is 0.738. The zero-order valence-electron chi connectivity index (χ0n) is 33.4. The van der Waals surface area contributed by atoms with E-state index in [9.17, 15) is 22.4 Å². The summed E-state index contributed by atoms with van der Waals surface area (Å²) >= 11 is 0. The summed E-state index contributed by atoms with van der Waals surface area (Å²) in [5.74, 6) is 0.479. The van der Waals surface area contributed by atoms with Gasteiger partial charge in [-0.05, 0) is 117 Å². The first-order chi connectivity index (χ1) is 26.4. The van der Waals surface area contributed by atoms with Gasteiger partial charge in [0.05, 0.1) is 22.7 Å². The zero-order chi connectivity index (χ0) is 40.2. The average Bonchev–Trinajstić information content (AvgIpc) is 3.74. The number of sulfonamides is 1. The van der Waals surface area contributed by atoms with E-state index in [1.54, 1.807) is 32.4 Å². The fourth-order valence-electron chi connectivity index (χ4n) is 8.75. The lowest BCUT2D eigenvalue weighted by Gasteiger charge is -2.54. The van der Waals surface area contributed by atoms with Gasteiger partial charge < -0.3 is 24.2 Å². The van der Waals surface area contributed by atoms with Crippen molar-refractivity contribution in [2.24, 2.45) is 5.41 Å². The number of hydrogen-bond acceptors (Lipinski definition) is 10. The van der Waals surface area contributed by atoms with Crippen molar-refractivity contribution in [1.29, 1.82) is 0 Å². The minimum atomic E-state index is -3.70. The van der Waals surface area contributed by atoms with Crippen LogP contribution in [0, 0.1) is 11.2 Å². The second-order valence-corrected chi connectivity index (χ2v) is 19.3. The number of rotatable bonds is 10. The lowest BCUT2D eigenvalue weighted by Crippen LogP contribution is -2.60. The van der Waals surface area contributed by atoms with Crippen molar-refractivity contribution in [2.45, 2.75) is 109 Å². The van der Waals surface area contributed by atoms with Crippen molar-refractivity contribution in [1.82, 2.24) is 29.0 Å². The molecule has 56 heavy (non-hydrogen) atoms. The van der Waals surface area contributed by atoms with E-state index >= 15 is 0 Å². The number of piperidine rings is 1. The number of carbonyl (C=O) groups excluding carboxylic acids is 2. The van der Waals surface area contributed by atoms with Crippen LogP contribution in [0.1, 0.15) is 83.7 Å². The Balaban J connectivity index is 0.927. The molecule has 1 spiro atoms. The van der Waals surface area contributed by atoms with E-state index in [-0.39, 0.29) is 64.3 Å². The molecule has 3 aromatic rings. The third-order valence-electron chi connectivity index (χ3n) is 11.4. The van der Waals surface area contributed by atoms with E-state index in [4.69, 9.17) is 9.47 Å². The lowest BCUT2D eigenvalue weighted by atomic mass is 9.72. The van der Waals surface area contributed by atoms with Gasteiger partial charge in [0.1, 0.15) is 23.5 Å². The third-order valence-corrected chi connectivity index (χ3v) is 13.4. The predicted molar refractivity (Wildman–Crippen MR) is 210 cm³/mol. The molecule has 5 heterocycles. The number of fused-ring (bicyclic) bond motifs is 2. The Morgan fingerprint density at radius 1 is 0.964 bits per heavy atom. The summed E-state index contributed by atoms with van der Waals surface area (Å²) < 4.78 is 55.1. The summed E-state index contributed by atoms with van der Waals surface area (Å²) in [7, 11) is -3.70. The predicted octanol–water partition coefficient (Wildman–Crippen LogP) is 6.15. The molecule has 302 valence electrons. The molecular formula is C41H54FN7O6S. The van der Waals surface area contributed by atoms with Crippen LogP contribution in [0.2, 0.25) is 0 Å². The van der Waals surface area contributed by atoms with Crippen molar-refractivity contribution in [2.75, 3.05) is 44.2 Å². The fourth-order valence-corrected chi connectivity index (χ4v) is 10.4. The van der Waals surface area contributed by atoms with Crippen LogP contribution < -0.4 is 9.64 Å². The Kier molecular flexibility index (Phi) is 10.8. The number of ether oxygens (including phenoxy) is 2. The Hall–Kier alpha value is -4.34. The van der Waals surface area contributed by atoms with Gasteiger partial charge in [0.2, 0.25) is 10.0 Å². The summed E-state index contributed by atoms with van der Waals surface area (Å²) in [6.07, 6.45) is 5.31. The number of amides is 2. The minimum absolute atomic E-state index is 0.0830. The van der Waals surface area contributed by atoms with Gasteiger partial charge in [0.15, 0.2) is 11.6 Å². The van der Waals surface area contributed by atoms with Crippen LogP contribution in [0.25, 0.3) is 0 Å². The molecule has 0 radical (unpaired) electrons. The Morgan fingerprint density at radius 3 is 2.25 bits per heavy atom. The molecule has 0 aliphatic carbocycles. The fraction of sp³-hybridized carbons (Fsp3) is 0.561. The summed E-state index contributed by atoms with van der Waals surface area (Å²) in [4.78, 5) is 43.2. The van der Waals surface area contributed by atoms with E-state index < -0.39 is 21.4 Å². The highest BCUT2D eigenvalue weighted by atomic mass is 32.2. The summed E-state index contributed by atoms with van der Waals surface area (Å²) in [6, 6.07) is 10.6. The largest absolute Gasteiger partial charge is 0.451 e. The molecule has 4 fully saturated rings. The molecule has 0 N–H and O–H groups in total. The third kappa shape index (κ3) is 8.08. The molecular weight excluding hydrogens is 738 g/mol. The minimum Gasteiger partial charge on any atom is -0.451 e. The van der Waals surface area contributed by atoms with Gasteiger partial charge in [0, 0.05) is 56.3 Å². The van der Waals surface area contributed by atoms with Gasteiger partial charge >= 0.3 is 6.09 Å². The quantitative estimate of drug-likeness (QED) is 0.236. The number of benzene rings is 2. The number of piperazine rings is 1. The Morgan fingerprint density at radius 2 is 1.64 bits per heavy atom. The van der Waals surface area contributed by atoms with Crippen molar-refractivity contribution in [3.63, 3.8) is 0 Å². The number of likely N-dealkylation sites (tertiary alicyclic amines) is 2. The highest BCUT2D eigenvalue weighted by Gasteiger charge is 2.51. The second kappa shape index (κ2) is 15.2. The van der Waals surface area contributed by atoms with Crippen molar-refractivity contribution in [3.8, 4) is 11.5 Å². The van der Waals surface area contributed by atoms with Crippen LogP contribution in [0.15, 0.2) is 59.9 Å². The van der Waals surface area contributed by atoms with Crippen LogP contribution in [-0.2, 0) is 21.3 Å². The van der Waals surface area contributed by atoms with E-state index in [2.05, 4.69) is 19.8 Å². The van der Waals surface area contributed by atoms with Crippen molar-refractivity contribution < 1.29 is 31.9 Å². The lowest BCUT2D eigenvalue weighted by molar-refractivity contribution is 0.0172. The number of halogens is 1. The zero-order valence-corrected chi connectivity index (χ0v) is 34.3. The van der Waals surface area contributed by atoms with Gasteiger partial charge in [0.25, 0.3) is 5.91 Å². The van der Waals surface area contributed by atoms with Gasteiger partial charge in [-0.1, -0.05) is 12.1 Å². The van der Waals surface area contributed by atoms with Gasteiger partial charge in [-0.2, -0.15) is 4.31 Å². The molecule has 0 saturated carbocycles. The van der Waals surface area contributed by atoms with Crippen LogP contribution in [0.3, 0.4) is 0 Å². The van der Waals surface area contributed by atoms with E-state index in [1.165, 1.54) is 24.5 Å². The van der Waals surface area contributed by atoms with Crippen LogP contribution >= 0.6 is 0 Å². The number of anilines is 1. The average molecular weight is 792 g/mol. The molecule has 4 saturated heterocycles. The first-order valence-electron chi connectivity index (χ1n) is 19.6. The maximum absolute atomic E-state index is 14.4. The number of hydrogen-bond donors (Lipinski definition) is 0. The number of carbonyl (C=O) groups is 2. The van der Waals surface area contributed by atoms with Gasteiger partial charge in [-0.15, -0.1) is 0 Å². The number of aromatic nitrogens is 2. The normalized spacial score (nSPS) is 21.2. The molecule has 2 aromatic carbocycles. The molecule has 1 aromatic heterocycles. The topological polar surface area (TPSA) is 129 Å². The second-order valence-electron chi connectivity index (χ2n) is 17.4. The van der Waals surface area contributed by atoms with Gasteiger partial charge in [-0.25, -0.2) is 27.6 Å². The molecule has 15 heteroatoms. The summed E-state index contributed by atoms with van der Waals surface area (Å²) in [5, 5.41) is 0. The Bertz CT molecular complexity index is 2030. The smallest absolute Gasteiger partial charge is 0.410 e. The van der Waals surface area contributed by atoms with Crippen molar-refractivity contribution in [3.05, 3.63) is 71.9 Å². The van der Waals surface area contributed by atoms with Crippen LogP contribution in [0.4, 0.5) is 15.0 Å². The first kappa shape index (κ1) is 39.9. The highest BCUT2D eigenvalue weighted by Crippen LogP contribution is 2.45. The monoisotopic (exact) mass is 791 g/mol. The maximum atomic E-state index is 14.4. The first-order valence-corrected chi connectivity index (χ1v) is 21.0. The molecule has 0 unspecified atom stereocenters. The highest BCUT2D eigenvalue weighted by molar-refractivity contribution is 7.89. The standard InChI is InChI=1S/C41H54FN7O6S/c1-27(2)49(28(3)4)38(50)34-18-30(42)10-13-35(34)54-36-20-43-26-44-37(36)46-24-41(25-46)14-16-45(17-15-41)21-29-8-11-33(12-9-29)56(52,53)48-23-31-19-32(48)22-47(31)39(51)55-40(5,6)7/h8-13,18,20,26-28,31-32H,14-17,19,21-25H2,1-7H3/t31-,32-/m0/s1. The van der Waals surface area contributed by atoms with E-state index in [0.717, 1.165) is 51.1 Å². The van der Waals surface area contributed by atoms with E-state index in [1.807, 2.05) is 60.6 Å². The van der Waals surface area contributed by atoms with Crippen LogP contribution in [0.5, 0.6) is 11.5 Å².